The van der Waals surface area contributed by atoms with E-state index in [4.69, 9.17) is 14.2 Å². The Hall–Kier alpha value is -2.51. The molecule has 1 aliphatic rings. The molecular weight excluding hydrogens is 316 g/mol. The predicted octanol–water partition coefficient (Wildman–Crippen LogP) is 2.99. The molecule has 24 heavy (non-hydrogen) atoms. The van der Waals surface area contributed by atoms with Crippen LogP contribution >= 0.6 is 0 Å². The molecule has 0 N–H and O–H groups in total. The van der Waals surface area contributed by atoms with Crippen LogP contribution in [0.3, 0.4) is 0 Å². The van der Waals surface area contributed by atoms with Gasteiger partial charge in [-0.1, -0.05) is 0 Å². The van der Waals surface area contributed by atoms with E-state index in [2.05, 4.69) is 0 Å². The number of carbonyl (C=O) groups excluding carboxylic acids is 1. The Kier molecular flexibility index (Phi) is 5.83. The summed E-state index contributed by atoms with van der Waals surface area (Å²) in [5, 5.41) is 10.8. The molecule has 0 spiro atoms. The molecular formula is C16H22N2O6. The Morgan fingerprint density at radius 1 is 1.29 bits per heavy atom. The summed E-state index contributed by atoms with van der Waals surface area (Å²) >= 11 is 0. The zero-order chi connectivity index (χ0) is 17.7. The van der Waals surface area contributed by atoms with E-state index in [0.717, 1.165) is 0 Å². The fraction of sp³-hybridized carbons (Fsp3) is 0.562. The van der Waals surface area contributed by atoms with Gasteiger partial charge < -0.3 is 19.1 Å². The maximum absolute atomic E-state index is 11.9. The summed E-state index contributed by atoms with van der Waals surface area (Å²) in [6.45, 7) is 4.72. The lowest BCUT2D eigenvalue weighted by Gasteiger charge is -2.32. The van der Waals surface area contributed by atoms with Crippen LogP contribution in [0, 0.1) is 10.1 Å². The van der Waals surface area contributed by atoms with Crippen molar-refractivity contribution in [3.8, 4) is 11.5 Å². The van der Waals surface area contributed by atoms with E-state index in [0.29, 0.717) is 37.4 Å². The molecule has 2 rings (SSSR count). The molecule has 1 aromatic rings. The summed E-state index contributed by atoms with van der Waals surface area (Å²) in [6, 6.07) is 4.26. The number of carbonyl (C=O) groups is 1. The van der Waals surface area contributed by atoms with Crippen LogP contribution in [-0.4, -0.2) is 48.3 Å². The fourth-order valence-corrected chi connectivity index (χ4v) is 2.48. The standard InChI is InChI=1S/C16H22N2O6/c1-11(2)23-16(19)17-8-6-13(7-9-17)24-14-5-4-12(18(20)21)10-15(14)22-3/h4-5,10-11,13H,6-9H2,1-3H3. The van der Waals surface area contributed by atoms with Gasteiger partial charge in [0, 0.05) is 32.0 Å². The number of amides is 1. The highest BCUT2D eigenvalue weighted by molar-refractivity contribution is 5.67. The first-order valence-corrected chi connectivity index (χ1v) is 7.85. The molecule has 1 fully saturated rings. The third kappa shape index (κ3) is 4.50. The van der Waals surface area contributed by atoms with Gasteiger partial charge in [-0.15, -0.1) is 0 Å². The molecule has 0 radical (unpaired) electrons. The number of methoxy groups -OCH3 is 1. The Labute approximate surface area is 140 Å². The first-order chi connectivity index (χ1) is 11.4. The number of hydrogen-bond donors (Lipinski definition) is 0. The summed E-state index contributed by atoms with van der Waals surface area (Å²) < 4.78 is 16.2. The predicted molar refractivity (Wildman–Crippen MR) is 86.5 cm³/mol. The highest BCUT2D eigenvalue weighted by Crippen LogP contribution is 2.33. The van der Waals surface area contributed by atoms with E-state index in [1.54, 1.807) is 4.90 Å². The van der Waals surface area contributed by atoms with Crippen molar-refractivity contribution in [1.29, 1.82) is 0 Å². The summed E-state index contributed by atoms with van der Waals surface area (Å²) in [4.78, 5) is 23.8. The zero-order valence-corrected chi connectivity index (χ0v) is 14.1. The van der Waals surface area contributed by atoms with Crippen LogP contribution in [0.4, 0.5) is 10.5 Å². The van der Waals surface area contributed by atoms with Crippen LogP contribution in [-0.2, 0) is 4.74 Å². The third-order valence-electron chi connectivity index (χ3n) is 3.69. The molecule has 1 amide bonds. The maximum Gasteiger partial charge on any atom is 0.410 e. The molecule has 1 saturated heterocycles. The van der Waals surface area contributed by atoms with Gasteiger partial charge in [0.2, 0.25) is 0 Å². The summed E-state index contributed by atoms with van der Waals surface area (Å²) in [6.07, 6.45) is 0.788. The quantitative estimate of drug-likeness (QED) is 0.605. The molecule has 0 saturated carbocycles. The van der Waals surface area contributed by atoms with E-state index < -0.39 is 4.92 Å². The second-order valence-electron chi connectivity index (χ2n) is 5.83. The number of ether oxygens (including phenoxy) is 3. The lowest BCUT2D eigenvalue weighted by Crippen LogP contribution is -2.42. The van der Waals surface area contributed by atoms with Crippen LogP contribution in [0.2, 0.25) is 0 Å². The minimum atomic E-state index is -0.481. The minimum absolute atomic E-state index is 0.0505. The van der Waals surface area contributed by atoms with Crippen molar-refractivity contribution < 1.29 is 23.9 Å². The Balaban J connectivity index is 1.94. The van der Waals surface area contributed by atoms with E-state index in [1.807, 2.05) is 13.8 Å². The van der Waals surface area contributed by atoms with Gasteiger partial charge in [-0.05, 0) is 19.9 Å². The number of hydrogen-bond acceptors (Lipinski definition) is 6. The number of nitro benzene ring substituents is 1. The van der Waals surface area contributed by atoms with Crippen molar-refractivity contribution in [2.45, 2.75) is 38.9 Å². The number of likely N-dealkylation sites (tertiary alicyclic amines) is 1. The van der Waals surface area contributed by atoms with Crippen molar-refractivity contribution in [3.05, 3.63) is 28.3 Å². The largest absolute Gasteiger partial charge is 0.493 e. The molecule has 132 valence electrons. The van der Waals surface area contributed by atoms with Gasteiger partial charge in [-0.3, -0.25) is 10.1 Å². The zero-order valence-electron chi connectivity index (χ0n) is 14.1. The monoisotopic (exact) mass is 338 g/mol. The van der Waals surface area contributed by atoms with Gasteiger partial charge in [0.05, 0.1) is 24.2 Å². The smallest absolute Gasteiger partial charge is 0.410 e. The van der Waals surface area contributed by atoms with E-state index in [1.165, 1.54) is 25.3 Å². The van der Waals surface area contributed by atoms with Crippen LogP contribution in [0.15, 0.2) is 18.2 Å². The van der Waals surface area contributed by atoms with Gasteiger partial charge in [-0.2, -0.15) is 0 Å². The fourth-order valence-electron chi connectivity index (χ4n) is 2.48. The first kappa shape index (κ1) is 17.8. The van der Waals surface area contributed by atoms with Crippen LogP contribution < -0.4 is 9.47 Å². The van der Waals surface area contributed by atoms with Crippen LogP contribution in [0.5, 0.6) is 11.5 Å². The Morgan fingerprint density at radius 3 is 2.50 bits per heavy atom. The summed E-state index contributed by atoms with van der Waals surface area (Å²) in [5.74, 6) is 0.789. The second kappa shape index (κ2) is 7.85. The molecule has 0 aliphatic carbocycles. The molecule has 0 atom stereocenters. The van der Waals surface area contributed by atoms with Crippen LogP contribution in [0.1, 0.15) is 26.7 Å². The number of rotatable bonds is 5. The van der Waals surface area contributed by atoms with Crippen molar-refractivity contribution in [2.75, 3.05) is 20.2 Å². The summed E-state index contributed by atoms with van der Waals surface area (Å²) in [7, 11) is 1.44. The minimum Gasteiger partial charge on any atom is -0.493 e. The van der Waals surface area contributed by atoms with Crippen molar-refractivity contribution >= 4 is 11.8 Å². The SMILES string of the molecule is COc1cc([N+](=O)[O-])ccc1OC1CCN(C(=O)OC(C)C)CC1. The Bertz CT molecular complexity index is 596. The van der Waals surface area contributed by atoms with Crippen LogP contribution in [0.25, 0.3) is 0 Å². The van der Waals surface area contributed by atoms with E-state index in [-0.39, 0.29) is 24.0 Å². The highest BCUT2D eigenvalue weighted by atomic mass is 16.6. The molecule has 8 nitrogen and oxygen atoms in total. The van der Waals surface area contributed by atoms with Crippen molar-refractivity contribution in [2.24, 2.45) is 0 Å². The number of nitrogens with zero attached hydrogens (tertiary/aromatic N) is 2. The summed E-state index contributed by atoms with van der Waals surface area (Å²) in [5.41, 5.74) is -0.0505. The molecule has 8 heteroatoms. The first-order valence-electron chi connectivity index (χ1n) is 7.85. The van der Waals surface area contributed by atoms with Crippen molar-refractivity contribution in [3.63, 3.8) is 0 Å². The van der Waals surface area contributed by atoms with Gasteiger partial charge in [0.25, 0.3) is 5.69 Å². The topological polar surface area (TPSA) is 91.1 Å². The van der Waals surface area contributed by atoms with Gasteiger partial charge in [-0.25, -0.2) is 4.79 Å². The molecule has 1 aliphatic heterocycles. The molecule has 1 heterocycles. The Morgan fingerprint density at radius 2 is 1.96 bits per heavy atom. The second-order valence-corrected chi connectivity index (χ2v) is 5.83. The number of piperidine rings is 1. The lowest BCUT2D eigenvalue weighted by atomic mass is 10.1. The average Bonchev–Trinajstić information content (AvgIpc) is 2.55. The van der Waals surface area contributed by atoms with E-state index in [9.17, 15) is 14.9 Å². The van der Waals surface area contributed by atoms with Crippen molar-refractivity contribution in [1.82, 2.24) is 4.90 Å². The molecule has 0 unspecified atom stereocenters. The molecule has 1 aromatic carbocycles. The highest BCUT2D eigenvalue weighted by Gasteiger charge is 2.26. The van der Waals surface area contributed by atoms with Gasteiger partial charge in [0.15, 0.2) is 11.5 Å². The maximum atomic E-state index is 11.9. The van der Waals surface area contributed by atoms with Gasteiger partial charge >= 0.3 is 6.09 Å². The normalized spacial score (nSPS) is 15.2. The number of nitro groups is 1. The number of benzene rings is 1. The lowest BCUT2D eigenvalue weighted by molar-refractivity contribution is -0.385. The number of non-ortho nitro benzene ring substituents is 1. The molecule has 0 bridgehead atoms. The third-order valence-corrected chi connectivity index (χ3v) is 3.69. The average molecular weight is 338 g/mol. The van der Waals surface area contributed by atoms with E-state index >= 15 is 0 Å². The van der Waals surface area contributed by atoms with Gasteiger partial charge in [0.1, 0.15) is 6.10 Å². The molecule has 0 aromatic heterocycles.